The van der Waals surface area contributed by atoms with Crippen LogP contribution in [0.3, 0.4) is 0 Å². The van der Waals surface area contributed by atoms with E-state index in [0.29, 0.717) is 0 Å². The van der Waals surface area contributed by atoms with Crippen LogP contribution >= 0.6 is 0 Å². The van der Waals surface area contributed by atoms with Gasteiger partial charge < -0.3 is 5.32 Å². The number of hydrogen-bond acceptors (Lipinski definition) is 2. The third kappa shape index (κ3) is 3.78. The molecule has 14 heavy (non-hydrogen) atoms. The topological polar surface area (TPSA) is 52.9 Å². The Morgan fingerprint density at radius 1 is 1.50 bits per heavy atom. The molecule has 0 aliphatic carbocycles. The van der Waals surface area contributed by atoms with E-state index in [1.807, 2.05) is 34.6 Å². The highest BCUT2D eigenvalue weighted by Crippen LogP contribution is 2.25. The van der Waals surface area contributed by atoms with Gasteiger partial charge in [0.15, 0.2) is 0 Å². The predicted octanol–water partition coefficient (Wildman–Crippen LogP) is 2.09. The molecule has 0 radical (unpaired) electrons. The fraction of sp³-hybridized carbons (Fsp3) is 0.818. The lowest BCUT2D eigenvalue weighted by Crippen LogP contribution is -2.41. The van der Waals surface area contributed by atoms with Crippen LogP contribution in [0, 0.1) is 22.7 Å². The number of rotatable bonds is 3. The SMILES string of the molecule is CCC(C)NC(=O)C(C#N)C(C)(C)C. The average Bonchev–Trinajstić information content (AvgIpc) is 2.02. The zero-order chi connectivity index (χ0) is 11.4. The van der Waals surface area contributed by atoms with Gasteiger partial charge in [-0.2, -0.15) is 5.26 Å². The summed E-state index contributed by atoms with van der Waals surface area (Å²) in [6, 6.07) is 2.20. The maximum Gasteiger partial charge on any atom is 0.238 e. The van der Waals surface area contributed by atoms with E-state index in [1.165, 1.54) is 0 Å². The summed E-state index contributed by atoms with van der Waals surface area (Å²) in [5.41, 5.74) is -0.299. The number of nitrogens with zero attached hydrogens (tertiary/aromatic N) is 1. The molecule has 0 aliphatic rings. The Kier molecular flexibility index (Phi) is 4.62. The van der Waals surface area contributed by atoms with Crippen molar-refractivity contribution in [2.75, 3.05) is 0 Å². The fourth-order valence-electron chi connectivity index (χ4n) is 1.07. The fourth-order valence-corrected chi connectivity index (χ4v) is 1.07. The molecule has 2 atom stereocenters. The van der Waals surface area contributed by atoms with Crippen LogP contribution in [0.1, 0.15) is 41.0 Å². The van der Waals surface area contributed by atoms with Crippen molar-refractivity contribution in [3.05, 3.63) is 0 Å². The Labute approximate surface area is 86.5 Å². The van der Waals surface area contributed by atoms with Gasteiger partial charge in [0, 0.05) is 6.04 Å². The van der Waals surface area contributed by atoms with Gasteiger partial charge in [0.2, 0.25) is 5.91 Å². The van der Waals surface area contributed by atoms with Crippen molar-refractivity contribution in [3.63, 3.8) is 0 Å². The summed E-state index contributed by atoms with van der Waals surface area (Å²) < 4.78 is 0. The van der Waals surface area contributed by atoms with Crippen LogP contribution in [0.25, 0.3) is 0 Å². The third-order valence-electron chi connectivity index (χ3n) is 2.26. The van der Waals surface area contributed by atoms with Gasteiger partial charge in [-0.3, -0.25) is 4.79 Å². The standard InChI is InChI=1S/C11H20N2O/c1-6-8(2)13-10(14)9(7-12)11(3,4)5/h8-9H,6H2,1-5H3,(H,13,14). The van der Waals surface area contributed by atoms with Gasteiger partial charge >= 0.3 is 0 Å². The number of carbonyl (C=O) groups excluding carboxylic acids is 1. The highest BCUT2D eigenvalue weighted by Gasteiger charge is 2.31. The molecule has 1 N–H and O–H groups in total. The van der Waals surface area contributed by atoms with Gasteiger partial charge in [-0.05, 0) is 18.8 Å². The van der Waals surface area contributed by atoms with Crippen molar-refractivity contribution >= 4 is 5.91 Å². The van der Waals surface area contributed by atoms with E-state index in [1.54, 1.807) is 0 Å². The van der Waals surface area contributed by atoms with Crippen LogP contribution in [0.4, 0.5) is 0 Å². The second kappa shape index (κ2) is 4.99. The van der Waals surface area contributed by atoms with Crippen molar-refractivity contribution in [3.8, 4) is 6.07 Å². The second-order valence-electron chi connectivity index (χ2n) is 4.75. The first kappa shape index (κ1) is 13.0. The Morgan fingerprint density at radius 3 is 2.29 bits per heavy atom. The van der Waals surface area contributed by atoms with Crippen LogP contribution in [0.15, 0.2) is 0 Å². The molecule has 0 aromatic heterocycles. The maximum absolute atomic E-state index is 11.7. The molecule has 80 valence electrons. The Hall–Kier alpha value is -1.04. The van der Waals surface area contributed by atoms with E-state index < -0.39 is 5.92 Å². The minimum Gasteiger partial charge on any atom is -0.353 e. The molecule has 0 saturated carbocycles. The smallest absolute Gasteiger partial charge is 0.238 e. The molecule has 0 fully saturated rings. The number of hydrogen-bond donors (Lipinski definition) is 1. The van der Waals surface area contributed by atoms with Gasteiger partial charge in [-0.15, -0.1) is 0 Å². The van der Waals surface area contributed by atoms with Crippen LogP contribution in [0.5, 0.6) is 0 Å². The first-order chi connectivity index (χ1) is 6.32. The lowest BCUT2D eigenvalue weighted by atomic mass is 9.81. The normalized spacial score (nSPS) is 15.4. The molecular weight excluding hydrogens is 176 g/mol. The molecule has 3 nitrogen and oxygen atoms in total. The number of nitriles is 1. The first-order valence-electron chi connectivity index (χ1n) is 5.03. The summed E-state index contributed by atoms with van der Waals surface area (Å²) in [6.07, 6.45) is 0.883. The van der Waals surface area contributed by atoms with Crippen molar-refractivity contribution < 1.29 is 4.79 Å². The number of carbonyl (C=O) groups is 1. The minimum atomic E-state index is -0.573. The van der Waals surface area contributed by atoms with Gasteiger partial charge in [-0.25, -0.2) is 0 Å². The Morgan fingerprint density at radius 2 is 2.00 bits per heavy atom. The van der Waals surface area contributed by atoms with Crippen molar-refractivity contribution in [2.24, 2.45) is 11.3 Å². The van der Waals surface area contributed by atoms with E-state index in [9.17, 15) is 4.79 Å². The van der Waals surface area contributed by atoms with E-state index in [2.05, 4.69) is 11.4 Å². The molecule has 0 heterocycles. The molecule has 0 aliphatic heterocycles. The molecule has 0 saturated heterocycles. The van der Waals surface area contributed by atoms with E-state index in [4.69, 9.17) is 5.26 Å². The van der Waals surface area contributed by atoms with Gasteiger partial charge in [0.1, 0.15) is 5.92 Å². The Balaban J connectivity index is 4.44. The number of nitrogens with one attached hydrogen (secondary N) is 1. The predicted molar refractivity (Wildman–Crippen MR) is 56.5 cm³/mol. The monoisotopic (exact) mass is 196 g/mol. The second-order valence-corrected chi connectivity index (χ2v) is 4.75. The van der Waals surface area contributed by atoms with E-state index >= 15 is 0 Å². The highest BCUT2D eigenvalue weighted by molar-refractivity contribution is 5.82. The van der Waals surface area contributed by atoms with E-state index in [0.717, 1.165) is 6.42 Å². The van der Waals surface area contributed by atoms with Gasteiger partial charge in [-0.1, -0.05) is 27.7 Å². The zero-order valence-corrected chi connectivity index (χ0v) is 9.72. The van der Waals surface area contributed by atoms with Crippen LogP contribution in [-0.4, -0.2) is 11.9 Å². The molecule has 0 spiro atoms. The first-order valence-corrected chi connectivity index (χ1v) is 5.03. The molecule has 0 rings (SSSR count). The molecule has 0 bridgehead atoms. The minimum absolute atomic E-state index is 0.140. The molecule has 1 amide bonds. The van der Waals surface area contributed by atoms with E-state index in [-0.39, 0.29) is 17.4 Å². The van der Waals surface area contributed by atoms with Crippen molar-refractivity contribution in [2.45, 2.75) is 47.1 Å². The van der Waals surface area contributed by atoms with Crippen molar-refractivity contribution in [1.29, 1.82) is 5.26 Å². The zero-order valence-electron chi connectivity index (χ0n) is 9.72. The average molecular weight is 196 g/mol. The Bertz CT molecular complexity index is 235. The van der Waals surface area contributed by atoms with Crippen molar-refractivity contribution in [1.82, 2.24) is 5.32 Å². The molecule has 2 unspecified atom stereocenters. The highest BCUT2D eigenvalue weighted by atomic mass is 16.1. The maximum atomic E-state index is 11.7. The summed E-state index contributed by atoms with van der Waals surface area (Å²) in [4.78, 5) is 11.7. The summed E-state index contributed by atoms with van der Waals surface area (Å²) >= 11 is 0. The quantitative estimate of drug-likeness (QED) is 0.751. The lowest BCUT2D eigenvalue weighted by Gasteiger charge is -2.25. The molecule has 0 aromatic carbocycles. The summed E-state index contributed by atoms with van der Waals surface area (Å²) in [7, 11) is 0. The summed E-state index contributed by atoms with van der Waals surface area (Å²) in [5.74, 6) is -0.731. The summed E-state index contributed by atoms with van der Waals surface area (Å²) in [6.45, 7) is 9.64. The largest absolute Gasteiger partial charge is 0.353 e. The third-order valence-corrected chi connectivity index (χ3v) is 2.26. The summed E-state index contributed by atoms with van der Waals surface area (Å²) in [5, 5.41) is 11.7. The van der Waals surface area contributed by atoms with Crippen LogP contribution < -0.4 is 5.32 Å². The molecule has 0 aromatic rings. The van der Waals surface area contributed by atoms with Crippen LogP contribution in [-0.2, 0) is 4.79 Å². The molecular formula is C11H20N2O. The van der Waals surface area contributed by atoms with Crippen LogP contribution in [0.2, 0.25) is 0 Å². The van der Waals surface area contributed by atoms with Gasteiger partial charge in [0.25, 0.3) is 0 Å². The lowest BCUT2D eigenvalue weighted by molar-refractivity contribution is -0.126. The van der Waals surface area contributed by atoms with Gasteiger partial charge in [0.05, 0.1) is 6.07 Å². The number of amides is 1. The molecule has 3 heteroatoms.